The van der Waals surface area contributed by atoms with Gasteiger partial charge >= 0.3 is 0 Å². The summed E-state index contributed by atoms with van der Waals surface area (Å²) >= 11 is 0. The van der Waals surface area contributed by atoms with E-state index in [9.17, 15) is 9.59 Å². The predicted molar refractivity (Wildman–Crippen MR) is 83.5 cm³/mol. The van der Waals surface area contributed by atoms with Gasteiger partial charge in [0.15, 0.2) is 6.29 Å². The normalized spacial score (nSPS) is 10.0. The van der Waals surface area contributed by atoms with E-state index in [-0.39, 0.29) is 12.5 Å². The first-order valence-electron chi connectivity index (χ1n) is 6.95. The Labute approximate surface area is 129 Å². The van der Waals surface area contributed by atoms with Crippen molar-refractivity contribution in [1.82, 2.24) is 5.32 Å². The minimum Gasteiger partial charge on any atom is -0.486 e. The molecule has 2 rings (SSSR count). The molecule has 0 aromatic heterocycles. The second-order valence-corrected chi connectivity index (χ2v) is 4.71. The summed E-state index contributed by atoms with van der Waals surface area (Å²) in [6.07, 6.45) is 0.698. The Morgan fingerprint density at radius 3 is 2.27 bits per heavy atom. The van der Waals surface area contributed by atoms with Crippen LogP contribution in [0.2, 0.25) is 0 Å². The van der Waals surface area contributed by atoms with Gasteiger partial charge in [0, 0.05) is 18.7 Å². The Morgan fingerprint density at radius 2 is 1.68 bits per heavy atom. The van der Waals surface area contributed by atoms with Crippen LogP contribution in [0.15, 0.2) is 48.5 Å². The van der Waals surface area contributed by atoms with Crippen molar-refractivity contribution in [2.75, 3.05) is 6.61 Å². The van der Waals surface area contributed by atoms with Gasteiger partial charge in [0.05, 0.1) is 0 Å². The topological polar surface area (TPSA) is 81.4 Å². The maximum absolute atomic E-state index is 12.0. The van der Waals surface area contributed by atoms with E-state index in [2.05, 4.69) is 5.32 Å². The number of carbonyl (C=O) groups is 2. The standard InChI is InChI=1S/C17H18N2O3/c18-11-13-1-5-15(6-2-13)17(21)19-12-14-3-7-16(8-4-14)22-10-9-20/h1-9H,10-12,18H2,(H,19,21). The molecule has 0 unspecified atom stereocenters. The van der Waals surface area contributed by atoms with Crippen LogP contribution in [0.4, 0.5) is 0 Å². The van der Waals surface area contributed by atoms with Gasteiger partial charge in [-0.1, -0.05) is 24.3 Å². The Bertz CT molecular complexity index is 621. The van der Waals surface area contributed by atoms with Crippen molar-refractivity contribution in [2.24, 2.45) is 5.73 Å². The van der Waals surface area contributed by atoms with Crippen LogP contribution in [0.5, 0.6) is 5.75 Å². The number of hydrogen-bond acceptors (Lipinski definition) is 4. The van der Waals surface area contributed by atoms with Crippen LogP contribution in [0.25, 0.3) is 0 Å². The minimum absolute atomic E-state index is 0.0366. The number of hydrogen-bond donors (Lipinski definition) is 2. The minimum atomic E-state index is -0.134. The van der Waals surface area contributed by atoms with E-state index in [0.717, 1.165) is 11.1 Å². The van der Waals surface area contributed by atoms with E-state index in [1.807, 2.05) is 24.3 Å². The summed E-state index contributed by atoms with van der Waals surface area (Å²) in [7, 11) is 0. The molecule has 114 valence electrons. The van der Waals surface area contributed by atoms with Crippen LogP contribution in [-0.4, -0.2) is 18.8 Å². The number of nitrogens with two attached hydrogens (primary N) is 1. The first kappa shape index (κ1) is 15.7. The summed E-state index contributed by atoms with van der Waals surface area (Å²) in [4.78, 5) is 22.2. The van der Waals surface area contributed by atoms with Crippen molar-refractivity contribution >= 4 is 12.2 Å². The van der Waals surface area contributed by atoms with Gasteiger partial charge in [-0.25, -0.2) is 0 Å². The smallest absolute Gasteiger partial charge is 0.251 e. The molecule has 0 saturated heterocycles. The zero-order valence-corrected chi connectivity index (χ0v) is 12.1. The van der Waals surface area contributed by atoms with Crippen LogP contribution in [-0.2, 0) is 17.9 Å². The van der Waals surface area contributed by atoms with Crippen LogP contribution >= 0.6 is 0 Å². The molecule has 0 aliphatic rings. The number of nitrogens with one attached hydrogen (secondary N) is 1. The lowest BCUT2D eigenvalue weighted by Crippen LogP contribution is -2.22. The van der Waals surface area contributed by atoms with Gasteiger partial charge in [-0.15, -0.1) is 0 Å². The number of aldehydes is 1. The van der Waals surface area contributed by atoms with Gasteiger partial charge < -0.3 is 15.8 Å². The zero-order valence-electron chi connectivity index (χ0n) is 12.1. The lowest BCUT2D eigenvalue weighted by atomic mass is 10.1. The molecule has 5 heteroatoms. The molecule has 0 fully saturated rings. The highest BCUT2D eigenvalue weighted by Crippen LogP contribution is 2.12. The molecular weight excluding hydrogens is 280 g/mol. The monoisotopic (exact) mass is 298 g/mol. The van der Waals surface area contributed by atoms with E-state index in [0.29, 0.717) is 30.7 Å². The summed E-state index contributed by atoms with van der Waals surface area (Å²) in [5.41, 5.74) is 8.06. The fraction of sp³-hybridized carbons (Fsp3) is 0.176. The first-order chi connectivity index (χ1) is 10.7. The molecule has 0 spiro atoms. The number of carbonyl (C=O) groups excluding carboxylic acids is 2. The summed E-state index contributed by atoms with van der Waals surface area (Å²) in [5, 5.41) is 2.85. The molecule has 2 aromatic carbocycles. The maximum Gasteiger partial charge on any atom is 0.251 e. The second-order valence-electron chi connectivity index (χ2n) is 4.71. The zero-order chi connectivity index (χ0) is 15.8. The average Bonchev–Trinajstić information content (AvgIpc) is 2.58. The van der Waals surface area contributed by atoms with E-state index >= 15 is 0 Å². The van der Waals surface area contributed by atoms with Crippen LogP contribution in [0.1, 0.15) is 21.5 Å². The highest BCUT2D eigenvalue weighted by atomic mass is 16.5. The van der Waals surface area contributed by atoms with Crippen molar-refractivity contribution in [3.63, 3.8) is 0 Å². The van der Waals surface area contributed by atoms with Crippen LogP contribution < -0.4 is 15.8 Å². The SMILES string of the molecule is NCc1ccc(C(=O)NCc2ccc(OCC=O)cc2)cc1. The van der Waals surface area contributed by atoms with Crippen molar-refractivity contribution in [3.8, 4) is 5.75 Å². The maximum atomic E-state index is 12.0. The van der Waals surface area contributed by atoms with E-state index in [1.165, 1.54) is 0 Å². The molecule has 0 saturated carbocycles. The number of benzene rings is 2. The number of rotatable bonds is 7. The average molecular weight is 298 g/mol. The van der Waals surface area contributed by atoms with E-state index < -0.39 is 0 Å². The fourth-order valence-corrected chi connectivity index (χ4v) is 1.91. The summed E-state index contributed by atoms with van der Waals surface area (Å²) in [5.74, 6) is 0.490. The van der Waals surface area contributed by atoms with Crippen LogP contribution in [0.3, 0.4) is 0 Å². The van der Waals surface area contributed by atoms with Crippen molar-refractivity contribution in [3.05, 3.63) is 65.2 Å². The molecule has 22 heavy (non-hydrogen) atoms. The summed E-state index contributed by atoms with van der Waals surface area (Å²) in [6, 6.07) is 14.4. The van der Waals surface area contributed by atoms with Gasteiger partial charge in [0.25, 0.3) is 5.91 Å². The Morgan fingerprint density at radius 1 is 1.05 bits per heavy atom. The third-order valence-electron chi connectivity index (χ3n) is 3.15. The van der Waals surface area contributed by atoms with E-state index in [4.69, 9.17) is 10.5 Å². The fourth-order valence-electron chi connectivity index (χ4n) is 1.91. The summed E-state index contributed by atoms with van der Waals surface area (Å²) in [6.45, 7) is 0.917. The largest absolute Gasteiger partial charge is 0.486 e. The van der Waals surface area contributed by atoms with Crippen molar-refractivity contribution in [2.45, 2.75) is 13.1 Å². The second kappa shape index (κ2) is 7.95. The van der Waals surface area contributed by atoms with E-state index in [1.54, 1.807) is 24.3 Å². The van der Waals surface area contributed by atoms with Crippen molar-refractivity contribution < 1.29 is 14.3 Å². The molecular formula is C17H18N2O3. The van der Waals surface area contributed by atoms with Gasteiger partial charge in [-0.3, -0.25) is 9.59 Å². The molecule has 0 radical (unpaired) electrons. The first-order valence-corrected chi connectivity index (χ1v) is 6.95. The van der Waals surface area contributed by atoms with Gasteiger partial charge in [0.1, 0.15) is 12.4 Å². The quantitative estimate of drug-likeness (QED) is 0.762. The van der Waals surface area contributed by atoms with Crippen molar-refractivity contribution in [1.29, 1.82) is 0 Å². The Balaban J connectivity index is 1.88. The van der Waals surface area contributed by atoms with Gasteiger partial charge in [-0.05, 0) is 35.4 Å². The lowest BCUT2D eigenvalue weighted by molar-refractivity contribution is -0.109. The Hall–Kier alpha value is -2.66. The molecule has 1 amide bonds. The molecule has 5 nitrogen and oxygen atoms in total. The molecule has 2 aromatic rings. The molecule has 3 N–H and O–H groups in total. The third kappa shape index (κ3) is 4.43. The number of amides is 1. The lowest BCUT2D eigenvalue weighted by Gasteiger charge is -2.07. The van der Waals surface area contributed by atoms with Crippen LogP contribution in [0, 0.1) is 0 Å². The highest BCUT2D eigenvalue weighted by molar-refractivity contribution is 5.94. The molecule has 0 aliphatic heterocycles. The van der Waals surface area contributed by atoms with Gasteiger partial charge in [0.2, 0.25) is 0 Å². The Kier molecular flexibility index (Phi) is 5.68. The molecule has 0 heterocycles. The third-order valence-corrected chi connectivity index (χ3v) is 3.15. The molecule has 0 aliphatic carbocycles. The number of ether oxygens (including phenoxy) is 1. The highest BCUT2D eigenvalue weighted by Gasteiger charge is 2.05. The molecule has 0 bridgehead atoms. The molecule has 0 atom stereocenters. The predicted octanol–water partition coefficient (Wildman–Crippen LogP) is 1.65. The van der Waals surface area contributed by atoms with Gasteiger partial charge in [-0.2, -0.15) is 0 Å². The summed E-state index contributed by atoms with van der Waals surface area (Å²) < 4.78 is 5.16.